The number of hydrogen-bond donors (Lipinski definition) is 2. The highest BCUT2D eigenvalue weighted by atomic mass is 32.2. The van der Waals surface area contributed by atoms with Crippen molar-refractivity contribution in [2.75, 3.05) is 12.4 Å². The first kappa shape index (κ1) is 15.2. The number of carbonyl (C=O) groups excluding carboxylic acids is 1. The van der Waals surface area contributed by atoms with Crippen LogP contribution in [-0.2, 0) is 11.8 Å². The maximum Gasteiger partial charge on any atom is 0.343 e. The first-order valence-electron chi connectivity index (χ1n) is 6.25. The summed E-state index contributed by atoms with van der Waals surface area (Å²) in [6, 6.07) is 7.17. The fraction of sp³-hybridized carbons (Fsp3) is 0.308. The normalized spacial score (nSPS) is 12.0. The molecular weight excluding hydrogens is 292 g/mol. The summed E-state index contributed by atoms with van der Waals surface area (Å²) in [6.07, 6.45) is 0. The Morgan fingerprint density at radius 3 is 2.81 bits per heavy atom. The molecule has 21 heavy (non-hydrogen) atoms. The summed E-state index contributed by atoms with van der Waals surface area (Å²) in [5.74, 6) is 0.398. The Labute approximate surface area is 125 Å². The third-order valence-electron chi connectivity index (χ3n) is 2.86. The van der Waals surface area contributed by atoms with Crippen molar-refractivity contribution in [2.24, 2.45) is 7.05 Å². The van der Waals surface area contributed by atoms with Crippen molar-refractivity contribution in [2.45, 2.75) is 17.3 Å². The number of ether oxygens (including phenoxy) is 1. The highest BCUT2D eigenvalue weighted by Crippen LogP contribution is 2.25. The zero-order chi connectivity index (χ0) is 15.4. The van der Waals surface area contributed by atoms with E-state index in [1.165, 1.54) is 16.3 Å². The number of anilines is 1. The van der Waals surface area contributed by atoms with E-state index in [9.17, 15) is 9.59 Å². The number of carbonyl (C=O) groups is 1. The minimum Gasteiger partial charge on any atom is -0.495 e. The van der Waals surface area contributed by atoms with Crippen molar-refractivity contribution in [3.05, 3.63) is 34.7 Å². The molecule has 0 fully saturated rings. The van der Waals surface area contributed by atoms with Crippen LogP contribution in [0.25, 0.3) is 0 Å². The number of thioether (sulfide) groups is 1. The maximum atomic E-state index is 12.2. The second kappa shape index (κ2) is 6.49. The fourth-order valence-corrected chi connectivity index (χ4v) is 2.45. The van der Waals surface area contributed by atoms with Crippen molar-refractivity contribution in [1.29, 1.82) is 0 Å². The summed E-state index contributed by atoms with van der Waals surface area (Å²) in [7, 11) is 3.14. The first-order valence-corrected chi connectivity index (χ1v) is 7.13. The average Bonchev–Trinajstić information content (AvgIpc) is 2.79. The lowest BCUT2D eigenvalue weighted by Gasteiger charge is -2.13. The molecule has 0 radical (unpaired) electrons. The van der Waals surface area contributed by atoms with E-state index in [0.29, 0.717) is 16.6 Å². The maximum absolute atomic E-state index is 12.2. The quantitative estimate of drug-likeness (QED) is 0.811. The molecule has 2 rings (SSSR count). The molecule has 0 unspecified atom stereocenters. The van der Waals surface area contributed by atoms with Crippen LogP contribution in [0, 0.1) is 0 Å². The molecule has 0 spiro atoms. The highest BCUT2D eigenvalue weighted by molar-refractivity contribution is 8.00. The first-order chi connectivity index (χ1) is 10.0. The van der Waals surface area contributed by atoms with Gasteiger partial charge in [0.05, 0.1) is 18.0 Å². The number of rotatable bonds is 5. The topological polar surface area (TPSA) is 89.0 Å². The Morgan fingerprint density at radius 1 is 1.48 bits per heavy atom. The lowest BCUT2D eigenvalue weighted by Crippen LogP contribution is -2.23. The van der Waals surface area contributed by atoms with Crippen molar-refractivity contribution < 1.29 is 9.53 Å². The Morgan fingerprint density at radius 2 is 2.19 bits per heavy atom. The van der Waals surface area contributed by atoms with Crippen LogP contribution >= 0.6 is 11.8 Å². The third kappa shape index (κ3) is 3.46. The number of methoxy groups -OCH3 is 1. The number of para-hydroxylation sites is 2. The van der Waals surface area contributed by atoms with Gasteiger partial charge in [0.2, 0.25) is 5.91 Å². The molecular formula is C13H16N4O3S. The second-order valence-electron chi connectivity index (χ2n) is 4.32. The van der Waals surface area contributed by atoms with Crippen molar-refractivity contribution in [1.82, 2.24) is 14.8 Å². The number of H-pyrrole nitrogens is 1. The minimum atomic E-state index is -0.413. The molecule has 0 bridgehead atoms. The van der Waals surface area contributed by atoms with Crippen LogP contribution in [-0.4, -0.2) is 33.0 Å². The predicted molar refractivity (Wildman–Crippen MR) is 80.8 cm³/mol. The van der Waals surface area contributed by atoms with Gasteiger partial charge in [-0.1, -0.05) is 23.9 Å². The van der Waals surface area contributed by atoms with Gasteiger partial charge in [0, 0.05) is 7.05 Å². The number of nitrogens with zero attached hydrogens (tertiary/aromatic N) is 2. The monoisotopic (exact) mass is 308 g/mol. The lowest BCUT2D eigenvalue weighted by molar-refractivity contribution is -0.115. The van der Waals surface area contributed by atoms with Gasteiger partial charge in [-0.2, -0.15) is 0 Å². The van der Waals surface area contributed by atoms with Crippen molar-refractivity contribution in [3.63, 3.8) is 0 Å². The van der Waals surface area contributed by atoms with Crippen molar-refractivity contribution in [3.8, 4) is 5.75 Å². The smallest absolute Gasteiger partial charge is 0.343 e. The van der Waals surface area contributed by atoms with Crippen LogP contribution in [0.2, 0.25) is 0 Å². The number of hydrogen-bond acceptors (Lipinski definition) is 5. The number of aromatic amines is 1. The van der Waals surface area contributed by atoms with Crippen molar-refractivity contribution >= 4 is 23.4 Å². The highest BCUT2D eigenvalue weighted by Gasteiger charge is 2.19. The van der Waals surface area contributed by atoms with E-state index in [-0.39, 0.29) is 11.6 Å². The molecule has 2 N–H and O–H groups in total. The Balaban J connectivity index is 2.06. The van der Waals surface area contributed by atoms with Crippen LogP contribution < -0.4 is 15.7 Å². The van der Waals surface area contributed by atoms with E-state index < -0.39 is 5.25 Å². The SMILES string of the molecule is COc1ccccc1NC(=O)[C@H](C)Sc1n[nH]c(=O)n1C. The summed E-state index contributed by atoms with van der Waals surface area (Å²) in [6.45, 7) is 1.74. The van der Waals surface area contributed by atoms with E-state index in [4.69, 9.17) is 4.74 Å². The van der Waals surface area contributed by atoms with Crippen LogP contribution in [0.4, 0.5) is 5.69 Å². The van der Waals surface area contributed by atoms with Gasteiger partial charge < -0.3 is 10.1 Å². The third-order valence-corrected chi connectivity index (χ3v) is 4.00. The summed E-state index contributed by atoms with van der Waals surface area (Å²) >= 11 is 1.20. The molecule has 2 aromatic rings. The van der Waals surface area contributed by atoms with Gasteiger partial charge >= 0.3 is 5.69 Å². The number of amides is 1. The average molecular weight is 308 g/mol. The standard InChI is InChI=1S/C13H16N4O3S/c1-8(21-13-16-15-12(19)17(13)2)11(18)14-9-6-4-5-7-10(9)20-3/h4-8H,1-3H3,(H,14,18)(H,15,19)/t8-/m0/s1. The van der Waals surface area contributed by atoms with Gasteiger partial charge in [-0.3, -0.25) is 9.36 Å². The molecule has 1 aromatic carbocycles. The van der Waals surface area contributed by atoms with Crippen LogP contribution in [0.1, 0.15) is 6.92 Å². The summed E-state index contributed by atoms with van der Waals surface area (Å²) in [5, 5.41) is 9.04. The predicted octanol–water partition coefficient (Wildman–Crippen LogP) is 1.24. The molecule has 0 saturated heterocycles. The molecule has 0 aliphatic heterocycles. The van der Waals surface area contributed by atoms with Gasteiger partial charge in [0.1, 0.15) is 5.75 Å². The van der Waals surface area contributed by atoms with Crippen LogP contribution in [0.5, 0.6) is 5.75 Å². The molecule has 112 valence electrons. The largest absolute Gasteiger partial charge is 0.495 e. The number of aromatic nitrogens is 3. The lowest BCUT2D eigenvalue weighted by atomic mass is 10.3. The van der Waals surface area contributed by atoms with E-state index in [1.807, 2.05) is 12.1 Å². The molecule has 0 aliphatic rings. The zero-order valence-corrected chi connectivity index (χ0v) is 12.7. The van der Waals surface area contributed by atoms with Gasteiger partial charge in [0.15, 0.2) is 5.16 Å². The van der Waals surface area contributed by atoms with Crippen LogP contribution in [0.15, 0.2) is 34.2 Å². The Hall–Kier alpha value is -2.22. The van der Waals surface area contributed by atoms with Crippen LogP contribution in [0.3, 0.4) is 0 Å². The molecule has 7 nitrogen and oxygen atoms in total. The molecule has 0 saturated carbocycles. The molecule has 8 heteroatoms. The van der Waals surface area contributed by atoms with E-state index in [2.05, 4.69) is 15.5 Å². The van der Waals surface area contributed by atoms with Gasteiger partial charge in [-0.05, 0) is 19.1 Å². The second-order valence-corrected chi connectivity index (χ2v) is 5.63. The Bertz CT molecular complexity index is 695. The minimum absolute atomic E-state index is 0.194. The van der Waals surface area contributed by atoms with E-state index in [1.54, 1.807) is 33.2 Å². The van der Waals surface area contributed by atoms with Gasteiger partial charge in [-0.15, -0.1) is 5.10 Å². The fourth-order valence-electron chi connectivity index (χ4n) is 1.63. The van der Waals surface area contributed by atoms with E-state index >= 15 is 0 Å². The molecule has 0 aliphatic carbocycles. The summed E-state index contributed by atoms with van der Waals surface area (Å²) < 4.78 is 6.54. The van der Waals surface area contributed by atoms with Gasteiger partial charge in [-0.25, -0.2) is 9.89 Å². The number of nitrogens with one attached hydrogen (secondary N) is 2. The zero-order valence-electron chi connectivity index (χ0n) is 11.9. The molecule has 1 atom stereocenters. The summed E-state index contributed by atoms with van der Waals surface area (Å²) in [5.41, 5.74) is 0.295. The number of benzene rings is 1. The summed E-state index contributed by atoms with van der Waals surface area (Å²) in [4.78, 5) is 23.5. The molecule has 1 aromatic heterocycles. The molecule has 1 heterocycles. The Kier molecular flexibility index (Phi) is 4.69. The van der Waals surface area contributed by atoms with E-state index in [0.717, 1.165) is 0 Å². The molecule has 1 amide bonds. The van der Waals surface area contributed by atoms with Gasteiger partial charge in [0.25, 0.3) is 0 Å².